The van der Waals surface area contributed by atoms with Gasteiger partial charge in [-0.25, -0.2) is 4.79 Å². The van der Waals surface area contributed by atoms with Crippen molar-refractivity contribution in [3.8, 4) is 0 Å². The maximum atomic E-state index is 12.4. The number of fused-ring (bicyclic) bond motifs is 1. The van der Waals surface area contributed by atoms with Crippen LogP contribution in [0.1, 0.15) is 59.8 Å². The van der Waals surface area contributed by atoms with E-state index in [1.165, 1.54) is 22.6 Å². The molecule has 1 aromatic heterocycles. The van der Waals surface area contributed by atoms with Crippen molar-refractivity contribution in [2.24, 2.45) is 0 Å². The highest BCUT2D eigenvalue weighted by molar-refractivity contribution is 7.17. The predicted molar refractivity (Wildman–Crippen MR) is 89.1 cm³/mol. The molecule has 1 saturated heterocycles. The summed E-state index contributed by atoms with van der Waals surface area (Å²) in [6.07, 6.45) is 6.51. The van der Waals surface area contributed by atoms with Gasteiger partial charge in [-0.05, 0) is 51.0 Å². The maximum absolute atomic E-state index is 12.4. The first-order valence-corrected chi connectivity index (χ1v) is 9.26. The molecule has 0 saturated carbocycles. The van der Waals surface area contributed by atoms with E-state index in [0.717, 1.165) is 44.1 Å². The van der Waals surface area contributed by atoms with Gasteiger partial charge in [-0.15, -0.1) is 11.3 Å². The molecule has 5 nitrogen and oxygen atoms in total. The summed E-state index contributed by atoms with van der Waals surface area (Å²) < 4.78 is 10.7. The van der Waals surface area contributed by atoms with Crippen LogP contribution in [0.3, 0.4) is 0 Å². The fourth-order valence-corrected chi connectivity index (χ4v) is 4.51. The summed E-state index contributed by atoms with van der Waals surface area (Å²) in [6.45, 7) is 2.76. The predicted octanol–water partition coefficient (Wildman–Crippen LogP) is 3.31. The first kappa shape index (κ1) is 16.5. The van der Waals surface area contributed by atoms with E-state index in [1.54, 1.807) is 6.92 Å². The molecule has 1 aliphatic carbocycles. The number of anilines is 1. The molecule has 1 aliphatic heterocycles. The van der Waals surface area contributed by atoms with Crippen molar-refractivity contribution >= 4 is 28.2 Å². The third-order valence-electron chi connectivity index (χ3n) is 4.36. The van der Waals surface area contributed by atoms with Crippen LogP contribution in [0.2, 0.25) is 0 Å². The lowest BCUT2D eigenvalue weighted by Crippen LogP contribution is -2.27. The molecule has 0 radical (unpaired) electrons. The van der Waals surface area contributed by atoms with Gasteiger partial charge in [-0.3, -0.25) is 4.79 Å². The van der Waals surface area contributed by atoms with Crippen molar-refractivity contribution in [2.45, 2.75) is 58.0 Å². The number of amides is 1. The van der Waals surface area contributed by atoms with Crippen LogP contribution in [0, 0.1) is 0 Å². The van der Waals surface area contributed by atoms with E-state index in [4.69, 9.17) is 9.47 Å². The molecular formula is C17H23NO4S. The molecule has 23 heavy (non-hydrogen) atoms. The summed E-state index contributed by atoms with van der Waals surface area (Å²) in [5.74, 6) is -0.473. The van der Waals surface area contributed by atoms with Crippen LogP contribution in [-0.2, 0) is 27.1 Å². The third kappa shape index (κ3) is 3.58. The SMILES string of the molecule is CCOC(=O)c1c(NC(=O)[C@H]2CCCO2)sc2c1CCCCC2. The number of thiophene rings is 1. The number of ether oxygens (including phenoxy) is 2. The Labute approximate surface area is 140 Å². The van der Waals surface area contributed by atoms with Gasteiger partial charge in [0.25, 0.3) is 5.91 Å². The highest BCUT2D eigenvalue weighted by atomic mass is 32.1. The Morgan fingerprint density at radius 2 is 2.09 bits per heavy atom. The van der Waals surface area contributed by atoms with E-state index >= 15 is 0 Å². The summed E-state index contributed by atoms with van der Waals surface area (Å²) in [6, 6.07) is 0. The minimum Gasteiger partial charge on any atom is -0.462 e. The van der Waals surface area contributed by atoms with Crippen LogP contribution in [-0.4, -0.2) is 31.2 Å². The zero-order chi connectivity index (χ0) is 16.2. The third-order valence-corrected chi connectivity index (χ3v) is 5.57. The second-order valence-electron chi connectivity index (χ2n) is 5.98. The fourth-order valence-electron chi connectivity index (χ4n) is 3.23. The van der Waals surface area contributed by atoms with Crippen LogP contribution < -0.4 is 5.32 Å². The summed E-state index contributed by atoms with van der Waals surface area (Å²) in [4.78, 5) is 26.0. The van der Waals surface area contributed by atoms with Crippen molar-refractivity contribution in [1.29, 1.82) is 0 Å². The lowest BCUT2D eigenvalue weighted by atomic mass is 10.1. The molecular weight excluding hydrogens is 314 g/mol. The molecule has 126 valence electrons. The standard InChI is InChI=1S/C17H23NO4S/c1-2-21-17(20)14-11-7-4-3-5-9-13(11)23-16(14)18-15(19)12-8-6-10-22-12/h12H,2-10H2,1H3,(H,18,19)/t12-/m1/s1. The molecule has 1 amide bonds. The largest absolute Gasteiger partial charge is 0.462 e. The van der Waals surface area contributed by atoms with Gasteiger partial charge in [0.15, 0.2) is 0 Å². The topological polar surface area (TPSA) is 64.6 Å². The number of rotatable bonds is 4. The van der Waals surface area contributed by atoms with Crippen LogP contribution in [0.15, 0.2) is 0 Å². The number of carbonyl (C=O) groups excluding carboxylic acids is 2. The van der Waals surface area contributed by atoms with Gasteiger partial charge in [0.05, 0.1) is 12.2 Å². The monoisotopic (exact) mass is 337 g/mol. The normalized spacial score (nSPS) is 20.7. The lowest BCUT2D eigenvalue weighted by Gasteiger charge is -2.11. The minimum atomic E-state index is -0.396. The first-order valence-electron chi connectivity index (χ1n) is 8.44. The Hall–Kier alpha value is -1.40. The van der Waals surface area contributed by atoms with Crippen molar-refractivity contribution in [2.75, 3.05) is 18.5 Å². The lowest BCUT2D eigenvalue weighted by molar-refractivity contribution is -0.124. The first-order chi connectivity index (χ1) is 11.2. The molecule has 0 aromatic carbocycles. The number of esters is 1. The molecule has 2 heterocycles. The van der Waals surface area contributed by atoms with Crippen molar-refractivity contribution in [3.05, 3.63) is 16.0 Å². The number of carbonyl (C=O) groups is 2. The molecule has 3 rings (SSSR count). The Bertz CT molecular complexity index is 590. The summed E-state index contributed by atoms with van der Waals surface area (Å²) >= 11 is 1.53. The zero-order valence-corrected chi connectivity index (χ0v) is 14.3. The Morgan fingerprint density at radius 3 is 2.83 bits per heavy atom. The van der Waals surface area contributed by atoms with Gasteiger partial charge in [0.2, 0.25) is 0 Å². The van der Waals surface area contributed by atoms with Gasteiger partial charge in [0.1, 0.15) is 11.1 Å². The fraction of sp³-hybridized carbons (Fsp3) is 0.647. The number of hydrogen-bond donors (Lipinski definition) is 1. The Morgan fingerprint density at radius 1 is 1.26 bits per heavy atom. The number of nitrogens with one attached hydrogen (secondary N) is 1. The quantitative estimate of drug-likeness (QED) is 0.676. The van der Waals surface area contributed by atoms with Gasteiger partial charge in [-0.1, -0.05) is 6.42 Å². The van der Waals surface area contributed by atoms with Gasteiger partial charge in [-0.2, -0.15) is 0 Å². The summed E-state index contributed by atoms with van der Waals surface area (Å²) in [5, 5.41) is 3.56. The molecule has 2 aliphatic rings. The van der Waals surface area contributed by atoms with Crippen molar-refractivity contribution in [1.82, 2.24) is 0 Å². The molecule has 0 unspecified atom stereocenters. The number of aryl methyl sites for hydroxylation is 1. The zero-order valence-electron chi connectivity index (χ0n) is 13.5. The van der Waals surface area contributed by atoms with E-state index in [0.29, 0.717) is 23.8 Å². The summed E-state index contributed by atoms with van der Waals surface area (Å²) in [7, 11) is 0. The van der Waals surface area contributed by atoms with E-state index in [1.807, 2.05) is 0 Å². The molecule has 6 heteroatoms. The molecule has 1 fully saturated rings. The van der Waals surface area contributed by atoms with E-state index in [-0.39, 0.29) is 11.9 Å². The van der Waals surface area contributed by atoms with Gasteiger partial charge < -0.3 is 14.8 Å². The Kier molecular flexibility index (Phi) is 5.33. The Balaban J connectivity index is 1.88. The highest BCUT2D eigenvalue weighted by Gasteiger charge is 2.29. The second-order valence-corrected chi connectivity index (χ2v) is 7.09. The molecule has 1 aromatic rings. The van der Waals surface area contributed by atoms with Crippen LogP contribution >= 0.6 is 11.3 Å². The average molecular weight is 337 g/mol. The van der Waals surface area contributed by atoms with Crippen LogP contribution in [0.25, 0.3) is 0 Å². The second kappa shape index (κ2) is 7.45. The average Bonchev–Trinajstić information content (AvgIpc) is 3.11. The van der Waals surface area contributed by atoms with E-state index < -0.39 is 6.10 Å². The highest BCUT2D eigenvalue weighted by Crippen LogP contribution is 2.38. The smallest absolute Gasteiger partial charge is 0.341 e. The minimum absolute atomic E-state index is 0.149. The molecule has 0 spiro atoms. The molecule has 1 N–H and O–H groups in total. The van der Waals surface area contributed by atoms with Crippen LogP contribution in [0.4, 0.5) is 5.00 Å². The van der Waals surface area contributed by atoms with Crippen LogP contribution in [0.5, 0.6) is 0 Å². The maximum Gasteiger partial charge on any atom is 0.341 e. The van der Waals surface area contributed by atoms with Gasteiger partial charge in [0, 0.05) is 11.5 Å². The van der Waals surface area contributed by atoms with E-state index in [2.05, 4.69) is 5.32 Å². The van der Waals surface area contributed by atoms with Gasteiger partial charge >= 0.3 is 5.97 Å². The van der Waals surface area contributed by atoms with Crippen molar-refractivity contribution < 1.29 is 19.1 Å². The summed E-state index contributed by atoms with van der Waals surface area (Å²) in [5.41, 5.74) is 1.65. The van der Waals surface area contributed by atoms with E-state index in [9.17, 15) is 9.59 Å². The van der Waals surface area contributed by atoms with Crippen molar-refractivity contribution in [3.63, 3.8) is 0 Å². The molecule has 1 atom stereocenters. The number of hydrogen-bond acceptors (Lipinski definition) is 5. The molecule has 0 bridgehead atoms.